The number of hydrogen-bond donors (Lipinski definition) is 1. The summed E-state index contributed by atoms with van der Waals surface area (Å²) in [5, 5.41) is 2.68. The monoisotopic (exact) mass is 333 g/mol. The van der Waals surface area contributed by atoms with Gasteiger partial charge in [-0.15, -0.1) is 0 Å². The summed E-state index contributed by atoms with van der Waals surface area (Å²) in [6.45, 7) is 6.03. The topological polar surface area (TPSA) is 64.6 Å². The van der Waals surface area contributed by atoms with E-state index < -0.39 is 11.9 Å². The van der Waals surface area contributed by atoms with Crippen LogP contribution in [-0.2, 0) is 14.3 Å². The van der Waals surface area contributed by atoms with Gasteiger partial charge in [-0.3, -0.25) is 4.79 Å². The number of benzene rings is 1. The van der Waals surface area contributed by atoms with Crippen molar-refractivity contribution >= 4 is 11.9 Å². The highest BCUT2D eigenvalue weighted by Gasteiger charge is 2.32. The molecule has 132 valence electrons. The van der Waals surface area contributed by atoms with Crippen molar-refractivity contribution in [3.05, 3.63) is 29.3 Å². The van der Waals surface area contributed by atoms with Crippen molar-refractivity contribution in [2.45, 2.75) is 45.4 Å². The molecule has 0 heterocycles. The predicted octanol–water partition coefficient (Wildman–Crippen LogP) is 2.99. The fourth-order valence-electron chi connectivity index (χ4n) is 2.83. The Hall–Kier alpha value is -1.88. The minimum Gasteiger partial charge on any atom is -0.453 e. The summed E-state index contributed by atoms with van der Waals surface area (Å²) in [7, 11) is 1.64. The summed E-state index contributed by atoms with van der Waals surface area (Å²) >= 11 is 0. The van der Waals surface area contributed by atoms with Gasteiger partial charge in [0, 0.05) is 0 Å². The zero-order valence-electron chi connectivity index (χ0n) is 14.9. The van der Waals surface area contributed by atoms with Gasteiger partial charge in [-0.2, -0.15) is 0 Å². The third kappa shape index (κ3) is 4.81. The van der Waals surface area contributed by atoms with Crippen LogP contribution < -0.4 is 10.1 Å². The molecule has 0 spiro atoms. The summed E-state index contributed by atoms with van der Waals surface area (Å²) in [5.41, 5.74) is 2.08. The number of carbonyl (C=O) groups is 2. The van der Waals surface area contributed by atoms with E-state index in [1.54, 1.807) is 7.05 Å². The largest absolute Gasteiger partial charge is 0.453 e. The highest BCUT2D eigenvalue weighted by atomic mass is 16.6. The number of rotatable bonds is 8. The molecule has 0 amide bonds. The van der Waals surface area contributed by atoms with Crippen LogP contribution in [0.15, 0.2) is 18.2 Å². The van der Waals surface area contributed by atoms with E-state index in [1.165, 1.54) is 12.8 Å². The molecule has 1 aromatic carbocycles. The van der Waals surface area contributed by atoms with Crippen LogP contribution in [0.4, 0.5) is 0 Å². The Labute approximate surface area is 143 Å². The average Bonchev–Trinajstić information content (AvgIpc) is 3.37. The summed E-state index contributed by atoms with van der Waals surface area (Å²) in [6, 6.07) is 6.04. The molecule has 0 radical (unpaired) electrons. The van der Waals surface area contributed by atoms with Gasteiger partial charge >= 0.3 is 11.9 Å². The molecule has 0 bridgehead atoms. The Kier molecular flexibility index (Phi) is 6.37. The molecule has 1 fully saturated rings. The van der Waals surface area contributed by atoms with Crippen LogP contribution >= 0.6 is 0 Å². The fourth-order valence-corrected chi connectivity index (χ4v) is 2.83. The van der Waals surface area contributed by atoms with Gasteiger partial charge in [-0.25, -0.2) is 4.79 Å². The molecule has 5 heteroatoms. The number of likely N-dealkylation sites (N-methyl/N-ethyl adjacent to an activating group) is 1. The SMILES string of the molecule is CNCC(=O)OCC(=O)Oc1c(C(C)C)cccc1[C@H](C)C1CC1. The van der Waals surface area contributed by atoms with E-state index in [0.29, 0.717) is 17.6 Å². The lowest BCUT2D eigenvalue weighted by atomic mass is 9.90. The minimum absolute atomic E-state index is 0.0693. The van der Waals surface area contributed by atoms with Gasteiger partial charge in [0.2, 0.25) is 0 Å². The predicted molar refractivity (Wildman–Crippen MR) is 92.2 cm³/mol. The van der Waals surface area contributed by atoms with Crippen LogP contribution in [0.5, 0.6) is 5.75 Å². The molecule has 5 nitrogen and oxygen atoms in total. The van der Waals surface area contributed by atoms with Crippen molar-refractivity contribution in [3.63, 3.8) is 0 Å². The van der Waals surface area contributed by atoms with Crippen LogP contribution in [0.3, 0.4) is 0 Å². The molecule has 0 unspecified atom stereocenters. The van der Waals surface area contributed by atoms with E-state index in [-0.39, 0.29) is 19.1 Å². The van der Waals surface area contributed by atoms with Crippen molar-refractivity contribution in [3.8, 4) is 5.75 Å². The van der Waals surface area contributed by atoms with Crippen LogP contribution in [0.2, 0.25) is 0 Å². The third-order valence-electron chi connectivity index (χ3n) is 4.41. The van der Waals surface area contributed by atoms with Gasteiger partial charge < -0.3 is 14.8 Å². The smallest absolute Gasteiger partial charge is 0.349 e. The number of para-hydroxylation sites is 1. The molecule has 0 aromatic heterocycles. The normalized spacial score (nSPS) is 15.2. The molecule has 0 saturated heterocycles. The zero-order chi connectivity index (χ0) is 17.7. The fraction of sp³-hybridized carbons (Fsp3) is 0.579. The van der Waals surface area contributed by atoms with Gasteiger partial charge in [0.05, 0.1) is 6.54 Å². The van der Waals surface area contributed by atoms with E-state index in [0.717, 1.165) is 11.1 Å². The second-order valence-corrected chi connectivity index (χ2v) is 6.71. The molecule has 1 aliphatic carbocycles. The van der Waals surface area contributed by atoms with Gasteiger partial charge in [0.15, 0.2) is 6.61 Å². The average molecular weight is 333 g/mol. The molecule has 1 atom stereocenters. The maximum absolute atomic E-state index is 12.1. The number of carbonyl (C=O) groups excluding carboxylic acids is 2. The molecule has 1 N–H and O–H groups in total. The van der Waals surface area contributed by atoms with Gasteiger partial charge in [-0.05, 0) is 48.8 Å². The molecular weight excluding hydrogens is 306 g/mol. The first-order valence-electron chi connectivity index (χ1n) is 8.57. The van der Waals surface area contributed by atoms with Gasteiger partial charge in [-0.1, -0.05) is 39.0 Å². The first-order valence-corrected chi connectivity index (χ1v) is 8.57. The van der Waals surface area contributed by atoms with Crippen LogP contribution in [0.25, 0.3) is 0 Å². The number of hydrogen-bond acceptors (Lipinski definition) is 5. The van der Waals surface area contributed by atoms with Crippen molar-refractivity contribution in [2.24, 2.45) is 5.92 Å². The van der Waals surface area contributed by atoms with E-state index in [2.05, 4.69) is 26.1 Å². The van der Waals surface area contributed by atoms with Crippen LogP contribution in [0, 0.1) is 5.92 Å². The summed E-state index contributed by atoms with van der Waals surface area (Å²) in [4.78, 5) is 23.5. The van der Waals surface area contributed by atoms with E-state index in [4.69, 9.17) is 9.47 Å². The van der Waals surface area contributed by atoms with E-state index in [9.17, 15) is 9.59 Å². The molecule has 1 aliphatic rings. The molecule has 0 aliphatic heterocycles. The zero-order valence-corrected chi connectivity index (χ0v) is 14.9. The molecule has 2 rings (SSSR count). The maximum Gasteiger partial charge on any atom is 0.349 e. The lowest BCUT2D eigenvalue weighted by Gasteiger charge is -2.20. The van der Waals surface area contributed by atoms with Crippen molar-refractivity contribution in [1.82, 2.24) is 5.32 Å². The number of nitrogens with one attached hydrogen (secondary N) is 1. The summed E-state index contributed by atoms with van der Waals surface area (Å²) in [6.07, 6.45) is 2.45. The Morgan fingerprint density at radius 3 is 2.42 bits per heavy atom. The number of esters is 2. The molecule has 1 aromatic rings. The van der Waals surface area contributed by atoms with Crippen LogP contribution in [-0.4, -0.2) is 32.1 Å². The number of ether oxygens (including phenoxy) is 2. The third-order valence-corrected chi connectivity index (χ3v) is 4.41. The lowest BCUT2D eigenvalue weighted by molar-refractivity contribution is -0.152. The summed E-state index contributed by atoms with van der Waals surface area (Å²) < 4.78 is 10.5. The Morgan fingerprint density at radius 1 is 1.17 bits per heavy atom. The quantitative estimate of drug-likeness (QED) is 0.585. The van der Waals surface area contributed by atoms with Gasteiger partial charge in [0.1, 0.15) is 5.75 Å². The first kappa shape index (κ1) is 18.5. The minimum atomic E-state index is -0.545. The van der Waals surface area contributed by atoms with E-state index >= 15 is 0 Å². The molecule has 24 heavy (non-hydrogen) atoms. The molecule has 1 saturated carbocycles. The lowest BCUT2D eigenvalue weighted by Crippen LogP contribution is -2.25. The van der Waals surface area contributed by atoms with Crippen molar-refractivity contribution < 1.29 is 19.1 Å². The van der Waals surface area contributed by atoms with Crippen molar-refractivity contribution in [1.29, 1.82) is 0 Å². The highest BCUT2D eigenvalue weighted by Crippen LogP contribution is 2.46. The summed E-state index contributed by atoms with van der Waals surface area (Å²) in [5.74, 6) is 0.888. The van der Waals surface area contributed by atoms with Crippen LogP contribution in [0.1, 0.15) is 56.6 Å². The van der Waals surface area contributed by atoms with Crippen molar-refractivity contribution in [2.75, 3.05) is 20.2 Å². The Balaban J connectivity index is 2.14. The molecular formula is C19H27NO4. The second kappa shape index (κ2) is 8.29. The van der Waals surface area contributed by atoms with E-state index in [1.807, 2.05) is 18.2 Å². The Bertz CT molecular complexity index is 593. The maximum atomic E-state index is 12.1. The van der Waals surface area contributed by atoms with Gasteiger partial charge in [0.25, 0.3) is 0 Å². The second-order valence-electron chi connectivity index (χ2n) is 6.71. The highest BCUT2D eigenvalue weighted by molar-refractivity contribution is 5.79. The first-order chi connectivity index (χ1) is 11.4. The Morgan fingerprint density at radius 2 is 1.83 bits per heavy atom. The standard InChI is InChI=1S/C19H27NO4/c1-12(2)15-6-5-7-16(13(3)14-8-9-14)19(15)24-18(22)11-23-17(21)10-20-4/h5-7,12-14,20H,8-11H2,1-4H3/t13-/m1/s1.